The van der Waals surface area contributed by atoms with Crippen LogP contribution in [0.4, 0.5) is 8.78 Å². The molecule has 2 aromatic heterocycles. The van der Waals surface area contributed by atoms with E-state index in [0.717, 1.165) is 24.1 Å². The molecule has 0 radical (unpaired) electrons. The van der Waals surface area contributed by atoms with Gasteiger partial charge in [0.1, 0.15) is 17.4 Å². The van der Waals surface area contributed by atoms with Crippen LogP contribution in [0, 0.1) is 30.9 Å². The number of hydrogen-bond acceptors (Lipinski definition) is 5. The molecule has 0 N–H and O–H groups in total. The predicted octanol–water partition coefficient (Wildman–Crippen LogP) is 5.73. The molecule has 35 heavy (non-hydrogen) atoms. The van der Waals surface area contributed by atoms with Crippen molar-refractivity contribution in [3.8, 4) is 11.3 Å². The van der Waals surface area contributed by atoms with Crippen molar-refractivity contribution in [2.75, 3.05) is 6.54 Å². The van der Waals surface area contributed by atoms with E-state index in [0.29, 0.717) is 23.9 Å². The van der Waals surface area contributed by atoms with Crippen LogP contribution in [0.2, 0.25) is 0 Å². The van der Waals surface area contributed by atoms with Crippen molar-refractivity contribution in [3.05, 3.63) is 64.5 Å². The molecule has 1 fully saturated rings. The third kappa shape index (κ3) is 3.11. The highest BCUT2D eigenvalue weighted by atomic mass is 19.1. The Labute approximate surface area is 203 Å². The van der Waals surface area contributed by atoms with Gasteiger partial charge in [0.2, 0.25) is 0 Å². The highest BCUT2D eigenvalue weighted by Crippen LogP contribution is 2.69. The van der Waals surface area contributed by atoms with E-state index in [4.69, 9.17) is 4.42 Å². The summed E-state index contributed by atoms with van der Waals surface area (Å²) in [7, 11) is 0. The number of oxazole rings is 1. The predicted molar refractivity (Wildman–Crippen MR) is 127 cm³/mol. The van der Waals surface area contributed by atoms with Gasteiger partial charge < -0.3 is 9.32 Å². The smallest absolute Gasteiger partial charge is 0.276 e. The number of halogens is 2. The second-order valence-electron chi connectivity index (χ2n) is 10.3. The third-order valence-corrected chi connectivity index (χ3v) is 8.58. The zero-order valence-electron chi connectivity index (χ0n) is 20.9. The Kier molecular flexibility index (Phi) is 5.34. The summed E-state index contributed by atoms with van der Waals surface area (Å²) in [6.07, 6.45) is 1.75. The third-order valence-electron chi connectivity index (χ3n) is 8.58. The first-order valence-electron chi connectivity index (χ1n) is 12.1. The first-order chi connectivity index (χ1) is 16.5. The molecule has 0 saturated heterocycles. The highest BCUT2D eigenvalue weighted by molar-refractivity contribution is 5.93. The molecule has 1 saturated carbocycles. The summed E-state index contributed by atoms with van der Waals surface area (Å²) in [6.45, 7) is 12.4. The van der Waals surface area contributed by atoms with E-state index in [9.17, 15) is 13.6 Å². The number of benzene rings is 1. The Morgan fingerprint density at radius 3 is 2.51 bits per heavy atom. The monoisotopic (exact) mass is 480 g/mol. The van der Waals surface area contributed by atoms with Gasteiger partial charge in [-0.05, 0) is 68.7 Å². The van der Waals surface area contributed by atoms with Crippen molar-refractivity contribution in [2.24, 2.45) is 5.41 Å². The maximum absolute atomic E-state index is 14.5. The number of rotatable bonds is 5. The van der Waals surface area contributed by atoms with E-state index in [-0.39, 0.29) is 34.5 Å². The van der Waals surface area contributed by atoms with Crippen LogP contribution in [-0.2, 0) is 5.41 Å². The summed E-state index contributed by atoms with van der Waals surface area (Å²) in [6, 6.07) is 5.39. The van der Waals surface area contributed by atoms with E-state index in [1.54, 1.807) is 19.9 Å². The lowest BCUT2D eigenvalue weighted by Crippen LogP contribution is -2.55. The van der Waals surface area contributed by atoms with Crippen molar-refractivity contribution in [1.82, 2.24) is 20.1 Å². The molecule has 8 heteroatoms. The minimum Gasteiger partial charge on any atom is -0.445 e. The van der Waals surface area contributed by atoms with Gasteiger partial charge in [-0.25, -0.2) is 13.8 Å². The molecule has 2 aliphatic rings. The Bertz CT molecular complexity index is 1310. The lowest BCUT2D eigenvalue weighted by Gasteiger charge is -2.47. The molecule has 184 valence electrons. The summed E-state index contributed by atoms with van der Waals surface area (Å²) in [5, 5.41) is 8.90. The quantitative estimate of drug-likeness (QED) is 0.466. The number of carbonyl (C=O) groups is 1. The van der Waals surface area contributed by atoms with E-state index in [1.165, 1.54) is 18.2 Å². The van der Waals surface area contributed by atoms with Gasteiger partial charge in [-0.2, -0.15) is 10.2 Å². The number of fused-ring (bicyclic) bond motifs is 5. The largest absolute Gasteiger partial charge is 0.445 e. The summed E-state index contributed by atoms with van der Waals surface area (Å²) in [5.74, 6) is -0.388. The molecule has 2 heterocycles. The van der Waals surface area contributed by atoms with Gasteiger partial charge in [0.25, 0.3) is 5.91 Å². The van der Waals surface area contributed by atoms with Crippen molar-refractivity contribution in [2.45, 2.75) is 71.8 Å². The molecule has 3 unspecified atom stereocenters. The van der Waals surface area contributed by atoms with Crippen LogP contribution in [0.3, 0.4) is 0 Å². The van der Waals surface area contributed by atoms with Crippen LogP contribution in [0.5, 0.6) is 0 Å². The van der Waals surface area contributed by atoms with E-state index < -0.39 is 17.0 Å². The van der Waals surface area contributed by atoms with Crippen LogP contribution >= 0.6 is 0 Å². The zero-order chi connectivity index (χ0) is 25.3. The molecular weight excluding hydrogens is 450 g/mol. The van der Waals surface area contributed by atoms with E-state index >= 15 is 0 Å². The Hall–Kier alpha value is -3.16. The molecule has 5 rings (SSSR count). The fourth-order valence-electron chi connectivity index (χ4n) is 6.88. The van der Waals surface area contributed by atoms with Gasteiger partial charge in [0, 0.05) is 24.9 Å². The molecule has 1 aromatic carbocycles. The number of carbonyl (C=O) groups excluding carboxylic acids is 1. The van der Waals surface area contributed by atoms with Crippen LogP contribution in [0.1, 0.15) is 79.9 Å². The molecule has 1 amide bonds. The molecule has 3 atom stereocenters. The summed E-state index contributed by atoms with van der Waals surface area (Å²) >= 11 is 0. The van der Waals surface area contributed by atoms with Gasteiger partial charge in [0.15, 0.2) is 11.6 Å². The van der Waals surface area contributed by atoms with E-state index in [2.05, 4.69) is 36.0 Å². The van der Waals surface area contributed by atoms with E-state index in [1.807, 2.05) is 11.8 Å². The topological polar surface area (TPSA) is 72.1 Å². The number of hydrogen-bond donors (Lipinski definition) is 0. The normalized spacial score (nSPS) is 22.8. The van der Waals surface area contributed by atoms with Gasteiger partial charge in [-0.3, -0.25) is 4.79 Å². The fourth-order valence-corrected chi connectivity index (χ4v) is 6.88. The maximum atomic E-state index is 14.5. The van der Waals surface area contributed by atoms with Gasteiger partial charge in [-0.15, -0.1) is 0 Å². The molecule has 3 aromatic rings. The van der Waals surface area contributed by atoms with Crippen LogP contribution < -0.4 is 0 Å². The van der Waals surface area contributed by atoms with Crippen LogP contribution in [0.25, 0.3) is 11.3 Å². The second kappa shape index (κ2) is 7.93. The lowest BCUT2D eigenvalue weighted by atomic mass is 9.64. The molecule has 2 bridgehead atoms. The van der Waals surface area contributed by atoms with Crippen LogP contribution in [-0.4, -0.2) is 38.6 Å². The summed E-state index contributed by atoms with van der Waals surface area (Å²) in [5.41, 5.74) is 1.47. The minimum atomic E-state index is -0.661. The van der Waals surface area contributed by atoms with Gasteiger partial charge in [-0.1, -0.05) is 19.9 Å². The second-order valence-corrected chi connectivity index (χ2v) is 10.3. The average molecular weight is 481 g/mol. The molecule has 0 spiro atoms. The first-order valence-corrected chi connectivity index (χ1v) is 12.1. The van der Waals surface area contributed by atoms with Crippen molar-refractivity contribution in [3.63, 3.8) is 0 Å². The molecule has 2 aliphatic carbocycles. The van der Waals surface area contributed by atoms with Gasteiger partial charge >= 0.3 is 0 Å². The van der Waals surface area contributed by atoms with Crippen molar-refractivity contribution >= 4 is 5.91 Å². The summed E-state index contributed by atoms with van der Waals surface area (Å²) in [4.78, 5) is 19.8. The fraction of sp³-hybridized carbons (Fsp3) is 0.481. The summed E-state index contributed by atoms with van der Waals surface area (Å²) < 4.78 is 34.5. The highest BCUT2D eigenvalue weighted by Gasteiger charge is 2.66. The minimum absolute atomic E-state index is 0.147. The molecule has 0 aliphatic heterocycles. The first kappa shape index (κ1) is 23.6. The average Bonchev–Trinajstić information content (AvgIpc) is 3.35. The number of aromatic nitrogens is 3. The number of likely N-dealkylation sites (N-methyl/N-ethyl adjacent to an activating group) is 1. The lowest BCUT2D eigenvalue weighted by molar-refractivity contribution is 0.0441. The molecule has 6 nitrogen and oxygen atoms in total. The van der Waals surface area contributed by atoms with Crippen molar-refractivity contribution in [1.29, 1.82) is 0 Å². The van der Waals surface area contributed by atoms with Crippen molar-refractivity contribution < 1.29 is 18.0 Å². The Morgan fingerprint density at radius 1 is 1.23 bits per heavy atom. The standard InChI is InChI=1S/C27H30F2N4O2/c1-7-33(25(34)23-14(2)35-16(4)30-23)15(3)27-12-11-18(26(27,5)6)17-13-21(31-32-24(17)27)22-19(28)9-8-10-20(22)29/h8-10,13,15,18H,7,11-12H2,1-6H3. The number of amides is 1. The maximum Gasteiger partial charge on any atom is 0.276 e. The number of aryl methyl sites for hydroxylation is 2. The van der Waals surface area contributed by atoms with Crippen LogP contribution in [0.15, 0.2) is 28.7 Å². The molecular formula is C27H30F2N4O2. The Balaban J connectivity index is 1.61. The zero-order valence-corrected chi connectivity index (χ0v) is 20.9. The SMILES string of the molecule is CCN(C(=O)c1nc(C)oc1C)C(C)C12CCC(c3cc(-c4c(F)cccc4F)nnc31)C2(C)C. The number of nitrogens with zero attached hydrogens (tertiary/aromatic N) is 4. The Morgan fingerprint density at radius 2 is 1.91 bits per heavy atom. The van der Waals surface area contributed by atoms with Gasteiger partial charge in [0.05, 0.1) is 17.0 Å².